The van der Waals surface area contributed by atoms with Crippen molar-refractivity contribution in [2.45, 2.75) is 110 Å². The van der Waals surface area contributed by atoms with Crippen LogP contribution >= 0.6 is 0 Å². The van der Waals surface area contributed by atoms with Crippen molar-refractivity contribution in [2.24, 2.45) is 11.8 Å². The summed E-state index contributed by atoms with van der Waals surface area (Å²) in [5.41, 5.74) is 0.223. The number of hydrogen-bond donors (Lipinski definition) is 1. The van der Waals surface area contributed by atoms with E-state index in [2.05, 4.69) is 5.32 Å². The number of carbonyl (C=O) groups is 4. The van der Waals surface area contributed by atoms with E-state index in [1.807, 2.05) is 65.0 Å². The second-order valence-corrected chi connectivity index (χ2v) is 13.0. The van der Waals surface area contributed by atoms with Gasteiger partial charge in [-0.05, 0) is 45.1 Å². The Morgan fingerprint density at radius 3 is 2.22 bits per heavy atom. The van der Waals surface area contributed by atoms with Gasteiger partial charge in [0, 0.05) is 34.2 Å². The summed E-state index contributed by atoms with van der Waals surface area (Å²) in [4.78, 5) is 56.2. The van der Waals surface area contributed by atoms with Crippen LogP contribution in [0, 0.1) is 11.8 Å². The van der Waals surface area contributed by atoms with E-state index in [9.17, 15) is 19.2 Å². The molecule has 7 atom stereocenters. The molecule has 11 nitrogen and oxygen atoms in total. The van der Waals surface area contributed by atoms with Crippen molar-refractivity contribution in [3.8, 4) is 0 Å². The summed E-state index contributed by atoms with van der Waals surface area (Å²) in [5.74, 6) is -1.67. The first-order valence-corrected chi connectivity index (χ1v) is 15.9. The van der Waals surface area contributed by atoms with E-state index in [0.29, 0.717) is 13.0 Å². The number of benzene rings is 1. The minimum atomic E-state index is -0.868. The lowest BCUT2D eigenvalue weighted by Gasteiger charge is -2.39. The van der Waals surface area contributed by atoms with Crippen LogP contribution in [0.5, 0.6) is 0 Å². The fourth-order valence-corrected chi connectivity index (χ4v) is 6.10. The number of nitrogens with zero attached hydrogens (tertiary/aromatic N) is 2. The summed E-state index contributed by atoms with van der Waals surface area (Å²) in [7, 11) is 6.06. The number of methoxy groups -OCH3 is 3. The highest BCUT2D eigenvalue weighted by Gasteiger charge is 2.42. The van der Waals surface area contributed by atoms with E-state index in [-0.39, 0.29) is 36.6 Å². The van der Waals surface area contributed by atoms with Crippen LogP contribution in [0.25, 0.3) is 0 Å². The maximum Gasteiger partial charge on any atom is 0.410 e. The Balaban J connectivity index is 2.21. The predicted molar refractivity (Wildman–Crippen MR) is 171 cm³/mol. The van der Waals surface area contributed by atoms with E-state index in [4.69, 9.17) is 18.9 Å². The van der Waals surface area contributed by atoms with Crippen LogP contribution in [-0.2, 0) is 39.8 Å². The standard InChI is InChI=1S/C34H55N3O8/c1-11-22(2)29(36(7)33(41)45-34(4,5)6)27(42-8)21-28(38)37-19-15-18-26(37)30(43-9)23(3)31(39)35-25(32(40)44-10)20-24-16-13-12-14-17-24/h12-14,16-17,22-23,25-27,29-30H,11,15,18-21H2,1-10H3,(H,35,39)/t22-,23+,25?,26?,27+,29-,30+/m0/s1. The van der Waals surface area contributed by atoms with Crippen LogP contribution in [0.15, 0.2) is 30.3 Å². The van der Waals surface area contributed by atoms with Crippen LogP contribution in [0.2, 0.25) is 0 Å². The molecule has 0 radical (unpaired) electrons. The molecule has 1 aliphatic heterocycles. The SMILES string of the molecule is CC[C@H](C)[C@@H]([C@@H](CC(=O)N1CCCC1[C@H](OC)[C@@H](C)C(=O)NC(Cc1ccccc1)C(=O)OC)OC)N(C)C(=O)OC(C)(C)C. The molecule has 45 heavy (non-hydrogen) atoms. The molecular formula is C34H55N3O8. The van der Waals surface area contributed by atoms with Crippen molar-refractivity contribution >= 4 is 23.9 Å². The third-order valence-electron chi connectivity index (χ3n) is 8.68. The highest BCUT2D eigenvalue weighted by Crippen LogP contribution is 2.29. The quantitative estimate of drug-likeness (QED) is 0.285. The average molecular weight is 634 g/mol. The number of rotatable bonds is 15. The van der Waals surface area contributed by atoms with Gasteiger partial charge in [0.2, 0.25) is 11.8 Å². The Bertz CT molecular complexity index is 1110. The van der Waals surface area contributed by atoms with Crippen molar-refractivity contribution in [1.29, 1.82) is 0 Å². The van der Waals surface area contributed by atoms with Gasteiger partial charge in [-0.25, -0.2) is 9.59 Å². The first-order valence-electron chi connectivity index (χ1n) is 15.9. The summed E-state index contributed by atoms with van der Waals surface area (Å²) >= 11 is 0. The Morgan fingerprint density at radius 1 is 1.04 bits per heavy atom. The van der Waals surface area contributed by atoms with Gasteiger partial charge in [0.25, 0.3) is 0 Å². The van der Waals surface area contributed by atoms with Crippen molar-refractivity contribution in [3.05, 3.63) is 35.9 Å². The second-order valence-electron chi connectivity index (χ2n) is 13.0. The lowest BCUT2D eigenvalue weighted by atomic mass is 9.90. The molecular weight excluding hydrogens is 578 g/mol. The highest BCUT2D eigenvalue weighted by molar-refractivity contribution is 5.86. The smallest absolute Gasteiger partial charge is 0.410 e. The Morgan fingerprint density at radius 2 is 1.69 bits per heavy atom. The maximum atomic E-state index is 13.9. The Hall–Kier alpha value is -3.18. The summed E-state index contributed by atoms with van der Waals surface area (Å²) in [5, 5.41) is 2.85. The van der Waals surface area contributed by atoms with Crippen molar-refractivity contribution in [1.82, 2.24) is 15.1 Å². The number of carbonyl (C=O) groups excluding carboxylic acids is 4. The monoisotopic (exact) mass is 633 g/mol. The minimum absolute atomic E-state index is 0.0312. The van der Waals surface area contributed by atoms with Crippen LogP contribution in [0.4, 0.5) is 4.79 Å². The molecule has 1 aliphatic rings. The van der Waals surface area contributed by atoms with E-state index < -0.39 is 47.9 Å². The summed E-state index contributed by atoms with van der Waals surface area (Å²) in [6.07, 6.45) is 0.864. The molecule has 2 rings (SSSR count). The molecule has 2 unspecified atom stereocenters. The van der Waals surface area contributed by atoms with E-state index in [0.717, 1.165) is 18.4 Å². The van der Waals surface area contributed by atoms with E-state index >= 15 is 0 Å². The first-order chi connectivity index (χ1) is 21.2. The van der Waals surface area contributed by atoms with Crippen LogP contribution in [-0.4, -0.2) is 105 Å². The summed E-state index contributed by atoms with van der Waals surface area (Å²) in [6, 6.07) is 7.78. The topological polar surface area (TPSA) is 124 Å². The molecule has 1 fully saturated rings. The maximum absolute atomic E-state index is 13.9. The average Bonchev–Trinajstić information content (AvgIpc) is 3.49. The predicted octanol–water partition coefficient (Wildman–Crippen LogP) is 4.22. The molecule has 11 heteroatoms. The van der Waals surface area contributed by atoms with Gasteiger partial charge in [-0.15, -0.1) is 0 Å². The number of esters is 1. The fraction of sp³-hybridized carbons (Fsp3) is 0.706. The Labute approximate surface area is 269 Å². The zero-order valence-corrected chi connectivity index (χ0v) is 28.8. The molecule has 1 saturated heterocycles. The number of nitrogens with one attached hydrogen (secondary N) is 1. The number of hydrogen-bond acceptors (Lipinski definition) is 8. The molecule has 3 amide bonds. The zero-order valence-electron chi connectivity index (χ0n) is 28.8. The summed E-state index contributed by atoms with van der Waals surface area (Å²) in [6.45, 7) is 11.8. The van der Waals surface area contributed by atoms with Gasteiger partial charge in [-0.3, -0.25) is 9.59 Å². The minimum Gasteiger partial charge on any atom is -0.467 e. The third-order valence-corrected chi connectivity index (χ3v) is 8.68. The van der Waals surface area contributed by atoms with Crippen molar-refractivity contribution in [2.75, 3.05) is 34.9 Å². The van der Waals surface area contributed by atoms with Gasteiger partial charge in [0.1, 0.15) is 11.6 Å². The number of ether oxygens (including phenoxy) is 4. The number of likely N-dealkylation sites (N-methyl/N-ethyl adjacent to an activating group) is 1. The van der Waals surface area contributed by atoms with Gasteiger partial charge in [0.05, 0.1) is 43.7 Å². The molecule has 0 aliphatic carbocycles. The van der Waals surface area contributed by atoms with E-state index in [1.165, 1.54) is 14.2 Å². The summed E-state index contributed by atoms with van der Waals surface area (Å²) < 4.78 is 22.3. The zero-order chi connectivity index (χ0) is 33.9. The first kappa shape index (κ1) is 38.0. The molecule has 1 aromatic rings. The van der Waals surface area contributed by atoms with Crippen LogP contribution < -0.4 is 5.32 Å². The molecule has 1 heterocycles. The second kappa shape index (κ2) is 17.5. The lowest BCUT2D eigenvalue weighted by molar-refractivity contribution is -0.147. The Kier molecular flexibility index (Phi) is 14.8. The molecule has 0 spiro atoms. The van der Waals surface area contributed by atoms with Crippen LogP contribution in [0.3, 0.4) is 0 Å². The van der Waals surface area contributed by atoms with Gasteiger partial charge in [-0.2, -0.15) is 0 Å². The third kappa shape index (κ3) is 10.7. The van der Waals surface area contributed by atoms with Gasteiger partial charge in [0.15, 0.2) is 0 Å². The normalized spacial score (nSPS) is 19.1. The van der Waals surface area contributed by atoms with Crippen molar-refractivity contribution < 1.29 is 38.1 Å². The lowest BCUT2D eigenvalue weighted by Crippen LogP contribution is -2.54. The molecule has 1 aromatic carbocycles. The molecule has 1 N–H and O–H groups in total. The molecule has 0 bridgehead atoms. The molecule has 0 aromatic heterocycles. The number of likely N-dealkylation sites (tertiary alicyclic amines) is 1. The fourth-order valence-electron chi connectivity index (χ4n) is 6.10. The van der Waals surface area contributed by atoms with Gasteiger partial charge >= 0.3 is 12.1 Å². The van der Waals surface area contributed by atoms with Crippen LogP contribution in [0.1, 0.15) is 72.8 Å². The molecule has 254 valence electrons. The highest BCUT2D eigenvalue weighted by atomic mass is 16.6. The largest absolute Gasteiger partial charge is 0.467 e. The van der Waals surface area contributed by atoms with Gasteiger partial charge in [-0.1, -0.05) is 57.5 Å². The van der Waals surface area contributed by atoms with E-state index in [1.54, 1.807) is 30.9 Å². The van der Waals surface area contributed by atoms with Crippen molar-refractivity contribution in [3.63, 3.8) is 0 Å². The molecule has 0 saturated carbocycles. The van der Waals surface area contributed by atoms with Gasteiger partial charge < -0.3 is 34.1 Å². The number of amides is 3.